The molecule has 5 nitrogen and oxygen atoms in total. The lowest BCUT2D eigenvalue weighted by Gasteiger charge is -1.91. The van der Waals surface area contributed by atoms with E-state index < -0.39 is 5.97 Å². The summed E-state index contributed by atoms with van der Waals surface area (Å²) in [5.41, 5.74) is 3.48. The van der Waals surface area contributed by atoms with E-state index in [1.807, 2.05) is 6.26 Å². The van der Waals surface area contributed by atoms with Crippen LogP contribution in [0.15, 0.2) is 18.2 Å². The molecule has 6 heteroatoms. The molecule has 1 heterocycles. The fraction of sp³-hybridized carbons (Fsp3) is 0.111. The van der Waals surface area contributed by atoms with Gasteiger partial charge in [0.2, 0.25) is 4.70 Å². The van der Waals surface area contributed by atoms with E-state index in [1.165, 1.54) is 0 Å². The lowest BCUT2D eigenvalue weighted by molar-refractivity contribution is 0.0699. The summed E-state index contributed by atoms with van der Waals surface area (Å²) in [6, 6.07) is 5.05. The Morgan fingerprint density at radius 2 is 2.33 bits per heavy atom. The van der Waals surface area contributed by atoms with Crippen LogP contribution >= 0.6 is 10.5 Å². The van der Waals surface area contributed by atoms with E-state index in [4.69, 9.17) is 10.9 Å². The molecule has 4 N–H and O–H groups in total. The molecule has 1 unspecified atom stereocenters. The summed E-state index contributed by atoms with van der Waals surface area (Å²) in [5, 5.41) is 9.65. The lowest BCUT2D eigenvalue weighted by Crippen LogP contribution is -2.06. The Kier molecular flexibility index (Phi) is 2.29. The van der Waals surface area contributed by atoms with Gasteiger partial charge in [-0.15, -0.1) is 0 Å². The van der Waals surface area contributed by atoms with E-state index in [1.54, 1.807) is 18.2 Å². The molecule has 78 valence electrons. The number of anilines is 1. The fourth-order valence-electron chi connectivity index (χ4n) is 1.50. The summed E-state index contributed by atoms with van der Waals surface area (Å²) in [6.45, 7) is 0. The molecular formula is C9H10N3O2S+. The van der Waals surface area contributed by atoms with Crippen molar-refractivity contribution in [3.63, 3.8) is 0 Å². The zero-order chi connectivity index (χ0) is 11.0. The van der Waals surface area contributed by atoms with Crippen molar-refractivity contribution in [3.8, 4) is 0 Å². The van der Waals surface area contributed by atoms with Crippen LogP contribution in [0, 0.1) is 0 Å². The van der Waals surface area contributed by atoms with Crippen LogP contribution in [0.5, 0.6) is 0 Å². The first-order chi connectivity index (χ1) is 7.15. The number of hydrogen-bond donors (Lipinski definition) is 3. The van der Waals surface area contributed by atoms with Gasteiger partial charge in [0.1, 0.15) is 17.3 Å². The number of benzene rings is 1. The Bertz CT molecular complexity index is 535. The van der Waals surface area contributed by atoms with Gasteiger partial charge in [-0.05, 0) is 12.1 Å². The topological polar surface area (TPSA) is 88.2 Å². The number of rotatable bonds is 2. The Morgan fingerprint density at radius 3 is 2.93 bits per heavy atom. The van der Waals surface area contributed by atoms with Crippen molar-refractivity contribution < 1.29 is 9.90 Å². The van der Waals surface area contributed by atoms with Crippen LogP contribution in [0.25, 0.3) is 10.2 Å². The second kappa shape index (κ2) is 3.48. The minimum Gasteiger partial charge on any atom is -0.477 e. The molecule has 0 amide bonds. The number of hydrazine groups is 1. The van der Waals surface area contributed by atoms with Gasteiger partial charge in [0.15, 0.2) is 0 Å². The maximum absolute atomic E-state index is 11.0. The molecule has 0 radical (unpaired) electrons. The van der Waals surface area contributed by atoms with Crippen molar-refractivity contribution in [2.24, 2.45) is 12.1 Å². The largest absolute Gasteiger partial charge is 0.477 e. The van der Waals surface area contributed by atoms with Crippen molar-refractivity contribution in [2.45, 2.75) is 0 Å². The smallest absolute Gasteiger partial charge is 0.354 e. The first kappa shape index (κ1) is 9.88. The minimum atomic E-state index is -0.931. The Morgan fingerprint density at radius 1 is 1.60 bits per heavy atom. The monoisotopic (exact) mass is 224 g/mol. The molecule has 0 saturated carbocycles. The highest BCUT2D eigenvalue weighted by Gasteiger charge is 2.23. The van der Waals surface area contributed by atoms with Crippen molar-refractivity contribution in [3.05, 3.63) is 23.8 Å². The molecule has 15 heavy (non-hydrogen) atoms. The molecule has 2 aromatic rings. The summed E-state index contributed by atoms with van der Waals surface area (Å²) in [7, 11) is -0.385. The van der Waals surface area contributed by atoms with Gasteiger partial charge in [0, 0.05) is 10.5 Å². The molecular weight excluding hydrogens is 214 g/mol. The van der Waals surface area contributed by atoms with Crippen LogP contribution in [-0.4, -0.2) is 16.1 Å². The minimum absolute atomic E-state index is 0.298. The first-order valence-electron chi connectivity index (χ1n) is 4.22. The number of carboxylic acids is 1. The number of aromatic nitrogens is 1. The van der Waals surface area contributed by atoms with E-state index in [-0.39, 0.29) is 10.5 Å². The van der Waals surface area contributed by atoms with E-state index >= 15 is 0 Å². The summed E-state index contributed by atoms with van der Waals surface area (Å²) in [4.78, 5) is 15.2. The fourth-order valence-corrected chi connectivity index (χ4v) is 3.02. The van der Waals surface area contributed by atoms with Crippen molar-refractivity contribution in [2.75, 3.05) is 5.43 Å². The third-order valence-electron chi connectivity index (χ3n) is 2.17. The number of nitrogens with two attached hydrogens (primary N) is 1. The molecule has 0 bridgehead atoms. The number of carboxylic acid groups (broad SMARTS) is 1. The molecule has 0 fully saturated rings. The third kappa shape index (κ3) is 1.43. The predicted molar refractivity (Wildman–Crippen MR) is 60.0 cm³/mol. The number of nitrogen functional groups attached to an aromatic ring is 1. The second-order valence-corrected chi connectivity index (χ2v) is 4.85. The van der Waals surface area contributed by atoms with Crippen molar-refractivity contribution >= 4 is 31.8 Å². The average molecular weight is 224 g/mol. The van der Waals surface area contributed by atoms with Gasteiger partial charge in [-0.3, -0.25) is 5.43 Å². The maximum Gasteiger partial charge on any atom is 0.354 e. The van der Waals surface area contributed by atoms with Gasteiger partial charge in [0.25, 0.3) is 0 Å². The van der Waals surface area contributed by atoms with Gasteiger partial charge in [-0.1, -0.05) is 6.07 Å². The van der Waals surface area contributed by atoms with E-state index in [9.17, 15) is 4.79 Å². The van der Waals surface area contributed by atoms with Crippen molar-refractivity contribution in [1.29, 1.82) is 0 Å². The molecule has 2 rings (SSSR count). The van der Waals surface area contributed by atoms with Crippen LogP contribution in [0.4, 0.5) is 5.13 Å². The van der Waals surface area contributed by atoms with Gasteiger partial charge < -0.3 is 5.11 Å². The normalized spacial score (nSPS) is 11.7. The molecule has 0 spiro atoms. The number of aromatic carboxylic acids is 1. The highest BCUT2D eigenvalue weighted by molar-refractivity contribution is 7.38. The number of fused-ring (bicyclic) bond motifs is 1. The predicted octanol–water partition coefficient (Wildman–Crippen LogP) is 1.50. The summed E-state index contributed by atoms with van der Waals surface area (Å²) >= 11 is 0. The van der Waals surface area contributed by atoms with Crippen molar-refractivity contribution in [1.82, 2.24) is 4.98 Å². The number of aryl methyl sites for hydroxylation is 1. The molecule has 0 saturated heterocycles. The zero-order valence-corrected chi connectivity index (χ0v) is 8.84. The van der Waals surface area contributed by atoms with Gasteiger partial charge >= 0.3 is 11.1 Å². The van der Waals surface area contributed by atoms with Crippen LogP contribution in [-0.2, 0) is 6.26 Å². The maximum atomic E-state index is 11.0. The van der Waals surface area contributed by atoms with Crippen LogP contribution in [0.1, 0.15) is 10.4 Å². The number of nitrogens with one attached hydrogen (secondary N) is 1. The standard InChI is InChI=1S/C9H9N3O2S/c1-15-7-5(8(13)14)3-2-4-6(7)11-9(15)12-10/h2-4H,10H2,1H3,(H-,11,12,13,14)/p+1. The molecule has 0 aliphatic heterocycles. The van der Waals surface area contributed by atoms with Crippen LogP contribution < -0.4 is 11.3 Å². The summed E-state index contributed by atoms with van der Waals surface area (Å²) in [6.07, 6.45) is 1.90. The third-order valence-corrected chi connectivity index (χ3v) is 4.00. The number of hydrogen-bond acceptors (Lipinski definition) is 4. The zero-order valence-electron chi connectivity index (χ0n) is 8.02. The highest BCUT2D eigenvalue weighted by Crippen LogP contribution is 2.37. The Balaban J connectivity index is 2.84. The summed E-state index contributed by atoms with van der Waals surface area (Å²) < 4.78 is 0.748. The molecule has 1 atom stereocenters. The second-order valence-electron chi connectivity index (χ2n) is 3.03. The Labute approximate surface area is 88.5 Å². The molecule has 0 aliphatic rings. The molecule has 1 aromatic carbocycles. The van der Waals surface area contributed by atoms with Gasteiger partial charge in [-0.25, -0.2) is 10.6 Å². The Hall–Kier alpha value is -1.66. The quantitative estimate of drug-likeness (QED) is 0.409. The van der Waals surface area contributed by atoms with Crippen LogP contribution in [0.2, 0.25) is 0 Å². The van der Waals surface area contributed by atoms with E-state index in [0.717, 1.165) is 4.70 Å². The highest BCUT2D eigenvalue weighted by atomic mass is 32.2. The number of nitrogens with zero attached hydrogens (tertiary/aromatic N) is 1. The lowest BCUT2D eigenvalue weighted by atomic mass is 10.2. The van der Waals surface area contributed by atoms with Gasteiger partial charge in [-0.2, -0.15) is 4.98 Å². The van der Waals surface area contributed by atoms with E-state index in [0.29, 0.717) is 16.2 Å². The average Bonchev–Trinajstić information content (AvgIpc) is 2.55. The molecule has 0 aliphatic carbocycles. The number of thiazole rings is 1. The SMILES string of the molecule is C[s+]1c(NN)nc2cccc(C(=O)O)c21. The van der Waals surface area contributed by atoms with Gasteiger partial charge in [0.05, 0.1) is 0 Å². The first-order valence-corrected chi connectivity index (χ1v) is 5.86. The van der Waals surface area contributed by atoms with Crippen LogP contribution in [0.3, 0.4) is 0 Å². The number of carbonyl (C=O) groups is 1. The summed E-state index contributed by atoms with van der Waals surface area (Å²) in [5.74, 6) is 4.38. The molecule has 1 aromatic heterocycles. The van der Waals surface area contributed by atoms with E-state index in [2.05, 4.69) is 10.4 Å².